The SMILES string of the molecule is O=C(CC1CCCCC1)N1CCC[C@@H]1c1nc2c(c(=O)[nH]1)CN(C1CCOCC1)CC2. The average Bonchev–Trinajstić information content (AvgIpc) is 3.30. The van der Waals surface area contributed by atoms with Crippen LogP contribution in [-0.4, -0.2) is 58.0 Å². The fraction of sp³-hybridized carbons (Fsp3) is 0.792. The summed E-state index contributed by atoms with van der Waals surface area (Å²) in [5.41, 5.74) is 1.75. The van der Waals surface area contributed by atoms with Gasteiger partial charge in [-0.25, -0.2) is 4.98 Å². The van der Waals surface area contributed by atoms with Crippen molar-refractivity contribution in [2.24, 2.45) is 5.92 Å². The van der Waals surface area contributed by atoms with Crippen molar-refractivity contribution in [2.45, 2.75) is 89.3 Å². The standard InChI is InChI=1S/C24H36N4O3/c29-22(15-17-5-2-1-3-6-17)28-11-4-7-21(28)23-25-20-8-12-27(16-19(20)24(30)26-23)18-9-13-31-14-10-18/h17-18,21H,1-16H2,(H,25,26,30)/t21-/m1/s1. The molecule has 1 aliphatic carbocycles. The van der Waals surface area contributed by atoms with Crippen LogP contribution in [0.25, 0.3) is 0 Å². The summed E-state index contributed by atoms with van der Waals surface area (Å²) in [4.78, 5) is 38.5. The summed E-state index contributed by atoms with van der Waals surface area (Å²) in [6.45, 7) is 4.04. The first-order valence-corrected chi connectivity index (χ1v) is 12.4. The second-order valence-corrected chi connectivity index (χ2v) is 9.89. The van der Waals surface area contributed by atoms with Crippen LogP contribution in [0, 0.1) is 5.92 Å². The third-order valence-electron chi connectivity index (χ3n) is 7.90. The summed E-state index contributed by atoms with van der Waals surface area (Å²) in [6.07, 6.45) is 11.6. The van der Waals surface area contributed by atoms with Crippen molar-refractivity contribution >= 4 is 5.91 Å². The second kappa shape index (κ2) is 9.41. The molecule has 0 bridgehead atoms. The molecule has 7 nitrogen and oxygen atoms in total. The minimum absolute atomic E-state index is 0.0108. The van der Waals surface area contributed by atoms with Crippen molar-refractivity contribution in [3.05, 3.63) is 27.4 Å². The summed E-state index contributed by atoms with van der Waals surface area (Å²) < 4.78 is 5.49. The Morgan fingerprint density at radius 3 is 2.65 bits per heavy atom. The Labute approximate surface area is 184 Å². The van der Waals surface area contributed by atoms with Crippen LogP contribution < -0.4 is 5.56 Å². The predicted octanol–water partition coefficient (Wildman–Crippen LogP) is 2.94. The van der Waals surface area contributed by atoms with Crippen LogP contribution in [-0.2, 0) is 22.5 Å². The zero-order valence-corrected chi connectivity index (χ0v) is 18.6. The third-order valence-corrected chi connectivity index (χ3v) is 7.90. The Morgan fingerprint density at radius 2 is 1.84 bits per heavy atom. The molecular weight excluding hydrogens is 392 g/mol. The van der Waals surface area contributed by atoms with Crippen LogP contribution in [0.1, 0.15) is 87.3 Å². The van der Waals surface area contributed by atoms with Crippen molar-refractivity contribution in [3.63, 3.8) is 0 Å². The summed E-state index contributed by atoms with van der Waals surface area (Å²) in [5, 5.41) is 0. The third kappa shape index (κ3) is 4.58. The van der Waals surface area contributed by atoms with E-state index in [4.69, 9.17) is 9.72 Å². The van der Waals surface area contributed by atoms with Gasteiger partial charge in [0.1, 0.15) is 5.82 Å². The molecule has 1 N–H and O–H groups in total. The highest BCUT2D eigenvalue weighted by molar-refractivity contribution is 5.77. The monoisotopic (exact) mass is 428 g/mol. The first kappa shape index (κ1) is 21.1. The Kier molecular flexibility index (Phi) is 6.41. The number of nitrogens with zero attached hydrogens (tertiary/aromatic N) is 3. The van der Waals surface area contributed by atoms with E-state index in [2.05, 4.69) is 9.88 Å². The maximum Gasteiger partial charge on any atom is 0.255 e. The van der Waals surface area contributed by atoms with E-state index in [1.54, 1.807) is 0 Å². The van der Waals surface area contributed by atoms with Crippen molar-refractivity contribution in [2.75, 3.05) is 26.3 Å². The highest BCUT2D eigenvalue weighted by Gasteiger charge is 2.34. The predicted molar refractivity (Wildman–Crippen MR) is 118 cm³/mol. The molecule has 0 radical (unpaired) electrons. The normalized spacial score (nSPS) is 26.2. The number of hydrogen-bond acceptors (Lipinski definition) is 5. The number of amides is 1. The molecule has 4 aliphatic rings. The topological polar surface area (TPSA) is 78.5 Å². The van der Waals surface area contributed by atoms with Gasteiger partial charge >= 0.3 is 0 Å². The minimum atomic E-state index is -0.0670. The largest absolute Gasteiger partial charge is 0.381 e. The molecule has 1 aromatic heterocycles. The Hall–Kier alpha value is -1.73. The van der Waals surface area contributed by atoms with Gasteiger partial charge in [-0.3, -0.25) is 14.5 Å². The molecule has 7 heteroatoms. The zero-order valence-electron chi connectivity index (χ0n) is 18.6. The molecule has 0 spiro atoms. The number of carbonyl (C=O) groups excluding carboxylic acids is 1. The molecule has 0 aromatic carbocycles. The van der Waals surface area contributed by atoms with Crippen molar-refractivity contribution in [1.29, 1.82) is 0 Å². The van der Waals surface area contributed by atoms with Crippen LogP contribution in [0.2, 0.25) is 0 Å². The van der Waals surface area contributed by atoms with E-state index in [-0.39, 0.29) is 17.5 Å². The number of ether oxygens (including phenoxy) is 1. The van der Waals surface area contributed by atoms with E-state index in [1.165, 1.54) is 32.1 Å². The fourth-order valence-electron chi connectivity index (χ4n) is 6.09. The average molecular weight is 429 g/mol. The van der Waals surface area contributed by atoms with Gasteiger partial charge in [0.15, 0.2) is 0 Å². The fourth-order valence-corrected chi connectivity index (χ4v) is 6.09. The maximum absolute atomic E-state index is 13.1. The lowest BCUT2D eigenvalue weighted by molar-refractivity contribution is -0.133. The van der Waals surface area contributed by atoms with Crippen LogP contribution >= 0.6 is 0 Å². The van der Waals surface area contributed by atoms with Gasteiger partial charge in [-0.1, -0.05) is 19.3 Å². The van der Waals surface area contributed by atoms with E-state index in [0.717, 1.165) is 69.7 Å². The molecule has 1 saturated carbocycles. The van der Waals surface area contributed by atoms with Gasteiger partial charge in [0.05, 0.1) is 17.3 Å². The molecule has 0 unspecified atom stereocenters. The van der Waals surface area contributed by atoms with Gasteiger partial charge in [-0.2, -0.15) is 0 Å². The summed E-state index contributed by atoms with van der Waals surface area (Å²) >= 11 is 0. The van der Waals surface area contributed by atoms with Gasteiger partial charge in [0, 0.05) is 51.7 Å². The second-order valence-electron chi connectivity index (χ2n) is 9.89. The first-order chi connectivity index (χ1) is 15.2. The number of carbonyl (C=O) groups is 1. The highest BCUT2D eigenvalue weighted by atomic mass is 16.5. The molecular formula is C24H36N4O3. The van der Waals surface area contributed by atoms with Crippen molar-refractivity contribution in [1.82, 2.24) is 19.8 Å². The number of likely N-dealkylation sites (tertiary alicyclic amines) is 1. The van der Waals surface area contributed by atoms with Gasteiger partial charge < -0.3 is 14.6 Å². The number of aromatic amines is 1. The van der Waals surface area contributed by atoms with Gasteiger partial charge in [-0.15, -0.1) is 0 Å². The van der Waals surface area contributed by atoms with E-state index in [1.807, 2.05) is 4.90 Å². The van der Waals surface area contributed by atoms with E-state index < -0.39 is 0 Å². The maximum atomic E-state index is 13.1. The van der Waals surface area contributed by atoms with E-state index in [9.17, 15) is 9.59 Å². The molecule has 3 fully saturated rings. The lowest BCUT2D eigenvalue weighted by atomic mass is 9.86. The molecule has 5 rings (SSSR count). The number of aromatic nitrogens is 2. The van der Waals surface area contributed by atoms with Crippen LogP contribution in [0.15, 0.2) is 4.79 Å². The molecule has 4 heterocycles. The number of nitrogens with one attached hydrogen (secondary N) is 1. The molecule has 31 heavy (non-hydrogen) atoms. The number of hydrogen-bond donors (Lipinski definition) is 1. The van der Waals surface area contributed by atoms with E-state index in [0.29, 0.717) is 30.7 Å². The van der Waals surface area contributed by atoms with Crippen LogP contribution in [0.3, 0.4) is 0 Å². The smallest absolute Gasteiger partial charge is 0.255 e. The minimum Gasteiger partial charge on any atom is -0.381 e. The first-order valence-electron chi connectivity index (χ1n) is 12.4. The Balaban J connectivity index is 1.29. The molecule has 170 valence electrons. The van der Waals surface area contributed by atoms with Gasteiger partial charge in [-0.05, 0) is 44.4 Å². The summed E-state index contributed by atoms with van der Waals surface area (Å²) in [5.74, 6) is 1.49. The molecule has 1 amide bonds. The molecule has 1 aromatic rings. The van der Waals surface area contributed by atoms with Crippen molar-refractivity contribution in [3.8, 4) is 0 Å². The number of rotatable bonds is 4. The molecule has 2 saturated heterocycles. The van der Waals surface area contributed by atoms with Gasteiger partial charge in [0.2, 0.25) is 5.91 Å². The lowest BCUT2D eigenvalue weighted by Gasteiger charge is -2.37. The van der Waals surface area contributed by atoms with Gasteiger partial charge in [0.25, 0.3) is 5.56 Å². The molecule has 3 aliphatic heterocycles. The summed E-state index contributed by atoms with van der Waals surface area (Å²) in [6, 6.07) is 0.436. The Morgan fingerprint density at radius 1 is 1.03 bits per heavy atom. The van der Waals surface area contributed by atoms with E-state index >= 15 is 0 Å². The highest BCUT2D eigenvalue weighted by Crippen LogP contribution is 2.33. The van der Waals surface area contributed by atoms with Crippen LogP contribution in [0.4, 0.5) is 0 Å². The molecule has 1 atom stereocenters. The Bertz CT molecular complexity index is 842. The van der Waals surface area contributed by atoms with Crippen LogP contribution in [0.5, 0.6) is 0 Å². The lowest BCUT2D eigenvalue weighted by Crippen LogP contribution is -2.44. The number of H-pyrrole nitrogens is 1. The van der Waals surface area contributed by atoms with Crippen molar-refractivity contribution < 1.29 is 9.53 Å². The quantitative estimate of drug-likeness (QED) is 0.798. The zero-order chi connectivity index (χ0) is 21.2. The summed E-state index contributed by atoms with van der Waals surface area (Å²) in [7, 11) is 0. The number of fused-ring (bicyclic) bond motifs is 1.